The minimum atomic E-state index is -1.07. The molecule has 0 fully saturated rings. The van der Waals surface area contributed by atoms with Gasteiger partial charge in [0.1, 0.15) is 11.8 Å². The molecular weight excluding hydrogens is 376 g/mol. The van der Waals surface area contributed by atoms with E-state index < -0.39 is 24.5 Å². The van der Waals surface area contributed by atoms with E-state index in [2.05, 4.69) is 17.2 Å². The Kier molecular flexibility index (Phi) is 10.4. The highest BCUT2D eigenvalue weighted by atomic mass is 16.5. The van der Waals surface area contributed by atoms with Crippen LogP contribution in [0, 0.1) is 0 Å². The van der Waals surface area contributed by atoms with Gasteiger partial charge in [0.2, 0.25) is 11.8 Å². The van der Waals surface area contributed by atoms with Crippen LogP contribution < -0.4 is 26.8 Å². The Morgan fingerprint density at radius 2 is 1.79 bits per heavy atom. The number of carbonyl (C=O) groups is 3. The molecule has 160 valence electrons. The van der Waals surface area contributed by atoms with Gasteiger partial charge in [-0.3, -0.25) is 9.59 Å². The first kappa shape index (κ1) is 24.1. The lowest BCUT2D eigenvalue weighted by atomic mass is 10.0. The van der Waals surface area contributed by atoms with Gasteiger partial charge >= 0.3 is 5.97 Å². The maximum Gasteiger partial charge on any atom is 0.341 e. The number of carboxylic acid groups (broad SMARTS) is 1. The van der Waals surface area contributed by atoms with Gasteiger partial charge in [0.25, 0.3) is 0 Å². The summed E-state index contributed by atoms with van der Waals surface area (Å²) in [6.07, 6.45) is 1.62. The van der Waals surface area contributed by atoms with Gasteiger partial charge in [-0.1, -0.05) is 24.3 Å². The molecule has 1 aromatic carbocycles. The number of hydrogen-bond acceptors (Lipinski definition) is 6. The van der Waals surface area contributed by atoms with Crippen molar-refractivity contribution in [1.82, 2.24) is 10.6 Å². The highest BCUT2D eigenvalue weighted by Crippen LogP contribution is 2.14. The maximum absolute atomic E-state index is 12.8. The van der Waals surface area contributed by atoms with Crippen LogP contribution in [0.25, 0.3) is 0 Å². The molecular formula is C20H30N4O5. The third-order valence-electron chi connectivity index (χ3n) is 4.17. The summed E-state index contributed by atoms with van der Waals surface area (Å²) < 4.78 is 5.09. The van der Waals surface area contributed by atoms with Crippen LogP contribution in [-0.4, -0.2) is 54.7 Å². The summed E-state index contributed by atoms with van der Waals surface area (Å²) >= 11 is 0. The second kappa shape index (κ2) is 12.5. The summed E-state index contributed by atoms with van der Waals surface area (Å²) in [4.78, 5) is 35.1. The second-order valence-corrected chi connectivity index (χ2v) is 6.69. The quantitative estimate of drug-likeness (QED) is 0.287. The Bertz CT molecular complexity index is 705. The van der Waals surface area contributed by atoms with Crippen LogP contribution in [0.4, 0.5) is 0 Å². The van der Waals surface area contributed by atoms with Crippen molar-refractivity contribution in [1.29, 1.82) is 0 Å². The summed E-state index contributed by atoms with van der Waals surface area (Å²) in [5.74, 6) is -1.47. The van der Waals surface area contributed by atoms with Gasteiger partial charge in [-0.05, 0) is 44.0 Å². The van der Waals surface area contributed by atoms with Crippen LogP contribution in [0.3, 0.4) is 0 Å². The van der Waals surface area contributed by atoms with Crippen molar-refractivity contribution in [3.05, 3.63) is 42.0 Å². The third kappa shape index (κ3) is 9.22. The summed E-state index contributed by atoms with van der Waals surface area (Å²) in [5.41, 5.74) is 12.5. The SMILES string of the molecule is C=C(C)[C@H](CCCN)NC(=O)[C@H](Cc1ccc(OCC(=O)O)cc1)NC(=O)CN. The van der Waals surface area contributed by atoms with Gasteiger partial charge in [-0.2, -0.15) is 0 Å². The molecule has 7 N–H and O–H groups in total. The molecule has 0 aliphatic carbocycles. The van der Waals surface area contributed by atoms with E-state index in [1.54, 1.807) is 24.3 Å². The van der Waals surface area contributed by atoms with E-state index in [0.29, 0.717) is 18.7 Å². The first-order valence-electron chi connectivity index (χ1n) is 9.35. The molecule has 0 bridgehead atoms. The number of amides is 2. The van der Waals surface area contributed by atoms with Gasteiger partial charge in [-0.15, -0.1) is 0 Å². The number of aliphatic carboxylic acids is 1. The minimum absolute atomic E-state index is 0.233. The predicted molar refractivity (Wildman–Crippen MR) is 109 cm³/mol. The Hall–Kier alpha value is -2.91. The highest BCUT2D eigenvalue weighted by molar-refractivity contribution is 5.88. The van der Waals surface area contributed by atoms with Crippen molar-refractivity contribution in [2.45, 2.75) is 38.3 Å². The fourth-order valence-electron chi connectivity index (χ4n) is 2.60. The number of nitrogens with two attached hydrogens (primary N) is 2. The number of carboxylic acids is 1. The Morgan fingerprint density at radius 1 is 1.14 bits per heavy atom. The van der Waals surface area contributed by atoms with Gasteiger partial charge in [0.15, 0.2) is 6.61 Å². The van der Waals surface area contributed by atoms with Gasteiger partial charge in [0, 0.05) is 12.5 Å². The van der Waals surface area contributed by atoms with E-state index in [0.717, 1.165) is 17.6 Å². The van der Waals surface area contributed by atoms with Crippen molar-refractivity contribution in [3.63, 3.8) is 0 Å². The standard InChI is InChI=1S/C20H30N4O5/c1-13(2)16(4-3-9-21)24-20(28)17(23-18(25)11-22)10-14-5-7-15(8-6-14)29-12-19(26)27/h5-8,16-17H,1,3-4,9-12,21-22H2,2H3,(H,23,25)(H,24,28)(H,26,27)/t16-,17-/m0/s1. The zero-order valence-corrected chi connectivity index (χ0v) is 16.6. The fourth-order valence-corrected chi connectivity index (χ4v) is 2.60. The summed E-state index contributed by atoms with van der Waals surface area (Å²) in [7, 11) is 0. The number of hydrogen-bond donors (Lipinski definition) is 5. The van der Waals surface area contributed by atoms with Gasteiger partial charge < -0.3 is 31.9 Å². The maximum atomic E-state index is 12.8. The van der Waals surface area contributed by atoms with Gasteiger partial charge in [0.05, 0.1) is 6.54 Å². The molecule has 0 aliphatic heterocycles. The average molecular weight is 406 g/mol. The molecule has 0 radical (unpaired) electrons. The number of ether oxygens (including phenoxy) is 1. The molecule has 0 saturated heterocycles. The molecule has 0 aliphatic rings. The first-order valence-corrected chi connectivity index (χ1v) is 9.35. The molecule has 2 amide bonds. The van der Waals surface area contributed by atoms with Crippen molar-refractivity contribution in [3.8, 4) is 5.75 Å². The first-order chi connectivity index (χ1) is 13.8. The molecule has 9 heteroatoms. The van der Waals surface area contributed by atoms with E-state index in [1.165, 1.54) is 0 Å². The van der Waals surface area contributed by atoms with Crippen molar-refractivity contribution >= 4 is 17.8 Å². The number of rotatable bonds is 13. The topological polar surface area (TPSA) is 157 Å². The Labute approximate surface area is 170 Å². The molecule has 0 heterocycles. The smallest absolute Gasteiger partial charge is 0.341 e. The normalized spacial score (nSPS) is 12.5. The largest absolute Gasteiger partial charge is 0.482 e. The minimum Gasteiger partial charge on any atom is -0.482 e. The Balaban J connectivity index is 2.85. The molecule has 29 heavy (non-hydrogen) atoms. The molecule has 0 saturated carbocycles. The molecule has 1 rings (SSSR count). The summed E-state index contributed by atoms with van der Waals surface area (Å²) in [5, 5.41) is 14.2. The van der Waals surface area contributed by atoms with Crippen LogP contribution in [0.5, 0.6) is 5.75 Å². The molecule has 2 atom stereocenters. The van der Waals surface area contributed by atoms with E-state index in [-0.39, 0.29) is 24.9 Å². The zero-order chi connectivity index (χ0) is 21.8. The van der Waals surface area contributed by atoms with Crippen molar-refractivity contribution in [2.24, 2.45) is 11.5 Å². The van der Waals surface area contributed by atoms with Crippen LogP contribution in [0.15, 0.2) is 36.4 Å². The summed E-state index contributed by atoms with van der Waals surface area (Å²) in [6, 6.07) is 5.56. The van der Waals surface area contributed by atoms with Crippen LogP contribution in [0.1, 0.15) is 25.3 Å². The monoisotopic (exact) mass is 406 g/mol. The number of carbonyl (C=O) groups excluding carboxylic acids is 2. The lowest BCUT2D eigenvalue weighted by Crippen LogP contribution is -2.52. The lowest BCUT2D eigenvalue weighted by Gasteiger charge is -2.24. The van der Waals surface area contributed by atoms with E-state index in [9.17, 15) is 14.4 Å². The van der Waals surface area contributed by atoms with E-state index >= 15 is 0 Å². The number of benzene rings is 1. The molecule has 0 spiro atoms. The van der Waals surface area contributed by atoms with E-state index in [4.69, 9.17) is 21.3 Å². The van der Waals surface area contributed by atoms with Gasteiger partial charge in [-0.25, -0.2) is 4.79 Å². The average Bonchev–Trinajstić information content (AvgIpc) is 2.69. The van der Waals surface area contributed by atoms with Crippen molar-refractivity contribution < 1.29 is 24.2 Å². The number of nitrogens with one attached hydrogen (secondary N) is 2. The predicted octanol–water partition coefficient (Wildman–Crippen LogP) is -0.0642. The van der Waals surface area contributed by atoms with Crippen LogP contribution in [-0.2, 0) is 20.8 Å². The van der Waals surface area contributed by atoms with Crippen LogP contribution >= 0.6 is 0 Å². The molecule has 0 aromatic heterocycles. The Morgan fingerprint density at radius 3 is 2.31 bits per heavy atom. The molecule has 0 unspecified atom stereocenters. The van der Waals surface area contributed by atoms with Crippen molar-refractivity contribution in [2.75, 3.05) is 19.7 Å². The zero-order valence-electron chi connectivity index (χ0n) is 16.6. The third-order valence-corrected chi connectivity index (χ3v) is 4.17. The highest BCUT2D eigenvalue weighted by Gasteiger charge is 2.23. The molecule has 1 aromatic rings. The van der Waals surface area contributed by atoms with E-state index in [1.807, 2.05) is 6.92 Å². The molecule has 9 nitrogen and oxygen atoms in total. The lowest BCUT2D eigenvalue weighted by molar-refractivity contribution is -0.139. The summed E-state index contributed by atoms with van der Waals surface area (Å²) in [6.45, 7) is 5.55. The van der Waals surface area contributed by atoms with Crippen LogP contribution in [0.2, 0.25) is 0 Å². The second-order valence-electron chi connectivity index (χ2n) is 6.69. The fraction of sp³-hybridized carbons (Fsp3) is 0.450.